The van der Waals surface area contributed by atoms with Crippen molar-refractivity contribution < 1.29 is 0 Å². The normalized spacial score (nSPS) is 12.1. The fourth-order valence-electron chi connectivity index (χ4n) is 2.46. The van der Waals surface area contributed by atoms with Crippen LogP contribution < -0.4 is 0 Å². The van der Waals surface area contributed by atoms with Gasteiger partial charge in [0.15, 0.2) is 0 Å². The minimum absolute atomic E-state index is 0.112. The summed E-state index contributed by atoms with van der Waals surface area (Å²) in [6.45, 7) is 0. The van der Waals surface area contributed by atoms with Crippen LogP contribution in [-0.2, 0) is 6.42 Å². The minimum Gasteiger partial charge on any atom is -0.113 e. The predicted molar refractivity (Wildman–Crippen MR) is 97.5 cm³/mol. The third kappa shape index (κ3) is 3.79. The molecule has 3 aromatic rings. The molecule has 1 unspecified atom stereocenters. The van der Waals surface area contributed by atoms with Gasteiger partial charge in [-0.15, -0.1) is 11.6 Å². The van der Waals surface area contributed by atoms with Crippen LogP contribution in [0.3, 0.4) is 0 Å². The quantitative estimate of drug-likeness (QED) is 0.467. The lowest BCUT2D eigenvalue weighted by atomic mass is 10.00. The fraction of sp³-hybridized carbons (Fsp3) is 0.100. The Bertz CT molecular complexity index is 718. The monoisotopic (exact) mass is 370 g/mol. The number of benzene rings is 3. The van der Waals surface area contributed by atoms with Crippen LogP contribution in [0.5, 0.6) is 0 Å². The highest BCUT2D eigenvalue weighted by Crippen LogP contribution is 2.29. The molecule has 0 heterocycles. The van der Waals surface area contributed by atoms with Crippen LogP contribution in [0, 0.1) is 0 Å². The van der Waals surface area contributed by atoms with Gasteiger partial charge >= 0.3 is 0 Å². The van der Waals surface area contributed by atoms with Gasteiger partial charge in [0.05, 0.1) is 5.38 Å². The maximum absolute atomic E-state index is 6.58. The molecule has 3 rings (SSSR count). The van der Waals surface area contributed by atoms with Crippen LogP contribution in [-0.4, -0.2) is 0 Å². The van der Waals surface area contributed by atoms with Crippen LogP contribution in [0.4, 0.5) is 0 Å². The van der Waals surface area contributed by atoms with E-state index in [0.717, 1.165) is 22.0 Å². The van der Waals surface area contributed by atoms with E-state index in [9.17, 15) is 0 Å². The van der Waals surface area contributed by atoms with E-state index in [1.165, 1.54) is 11.1 Å². The first-order valence-corrected chi connectivity index (χ1v) is 8.47. The maximum Gasteiger partial charge on any atom is 0.0835 e. The van der Waals surface area contributed by atoms with Gasteiger partial charge in [0.1, 0.15) is 0 Å². The molecule has 1 atom stereocenters. The standard InChI is InChI=1S/C20H16BrCl/c21-19-12-10-18(11-13-19)20(22)17-8-6-16(7-9-17)14-15-4-2-1-3-5-15/h1-13,20H,14H2. The molecule has 0 N–H and O–H groups in total. The van der Waals surface area contributed by atoms with E-state index >= 15 is 0 Å². The lowest BCUT2D eigenvalue weighted by Crippen LogP contribution is -1.94. The molecule has 0 fully saturated rings. The molecule has 0 saturated carbocycles. The summed E-state index contributed by atoms with van der Waals surface area (Å²) in [5.41, 5.74) is 4.86. The first-order chi connectivity index (χ1) is 10.7. The summed E-state index contributed by atoms with van der Waals surface area (Å²) >= 11 is 10.0. The van der Waals surface area contributed by atoms with E-state index in [1.54, 1.807) is 0 Å². The largest absolute Gasteiger partial charge is 0.113 e. The van der Waals surface area contributed by atoms with Crippen molar-refractivity contribution in [2.24, 2.45) is 0 Å². The molecule has 0 amide bonds. The molecular formula is C20H16BrCl. The van der Waals surface area contributed by atoms with Gasteiger partial charge in [-0.1, -0.05) is 82.7 Å². The third-order valence-corrected chi connectivity index (χ3v) is 4.72. The average molecular weight is 372 g/mol. The van der Waals surface area contributed by atoms with Crippen LogP contribution in [0.15, 0.2) is 83.3 Å². The number of rotatable bonds is 4. The number of halogens is 2. The van der Waals surface area contributed by atoms with Crippen molar-refractivity contribution in [3.63, 3.8) is 0 Å². The average Bonchev–Trinajstić information content (AvgIpc) is 2.57. The van der Waals surface area contributed by atoms with Crippen molar-refractivity contribution >= 4 is 27.5 Å². The SMILES string of the molecule is ClC(c1ccc(Br)cc1)c1ccc(Cc2ccccc2)cc1. The number of hydrogen-bond donors (Lipinski definition) is 0. The molecule has 110 valence electrons. The molecule has 22 heavy (non-hydrogen) atoms. The summed E-state index contributed by atoms with van der Waals surface area (Å²) in [7, 11) is 0. The van der Waals surface area contributed by atoms with E-state index < -0.39 is 0 Å². The Hall–Kier alpha value is -1.57. The van der Waals surface area contributed by atoms with E-state index in [1.807, 2.05) is 18.2 Å². The van der Waals surface area contributed by atoms with Crippen molar-refractivity contribution in [3.05, 3.63) is 106 Å². The van der Waals surface area contributed by atoms with Gasteiger partial charge in [0.2, 0.25) is 0 Å². The first kappa shape index (κ1) is 15.3. The van der Waals surface area contributed by atoms with Gasteiger partial charge in [-0.25, -0.2) is 0 Å². The van der Waals surface area contributed by atoms with Crippen LogP contribution in [0.25, 0.3) is 0 Å². The van der Waals surface area contributed by atoms with E-state index in [0.29, 0.717) is 0 Å². The first-order valence-electron chi connectivity index (χ1n) is 7.25. The molecule has 0 radical (unpaired) electrons. The second-order valence-corrected chi connectivity index (χ2v) is 6.67. The zero-order valence-electron chi connectivity index (χ0n) is 12.0. The Morgan fingerprint density at radius 1 is 0.682 bits per heavy atom. The third-order valence-electron chi connectivity index (χ3n) is 3.69. The Labute approximate surface area is 144 Å². The van der Waals surface area contributed by atoms with Crippen LogP contribution in [0.2, 0.25) is 0 Å². The molecule has 0 bridgehead atoms. The predicted octanol–water partition coefficient (Wildman–Crippen LogP) is 6.37. The lowest BCUT2D eigenvalue weighted by molar-refractivity contribution is 1.12. The second kappa shape index (κ2) is 7.13. The van der Waals surface area contributed by atoms with Crippen molar-refractivity contribution in [3.8, 4) is 0 Å². The Balaban J connectivity index is 1.75. The highest BCUT2D eigenvalue weighted by molar-refractivity contribution is 9.10. The maximum atomic E-state index is 6.58. The summed E-state index contributed by atoms with van der Waals surface area (Å²) in [6, 6.07) is 27.2. The van der Waals surface area contributed by atoms with Gasteiger partial charge < -0.3 is 0 Å². The number of alkyl halides is 1. The van der Waals surface area contributed by atoms with Gasteiger partial charge in [-0.2, -0.15) is 0 Å². The molecule has 0 aromatic heterocycles. The summed E-state index contributed by atoms with van der Waals surface area (Å²) in [6.07, 6.45) is 0.951. The van der Waals surface area contributed by atoms with Crippen LogP contribution >= 0.6 is 27.5 Å². The molecule has 0 saturated heterocycles. The minimum atomic E-state index is -0.112. The van der Waals surface area contributed by atoms with E-state index in [2.05, 4.69) is 76.6 Å². The summed E-state index contributed by atoms with van der Waals surface area (Å²) in [4.78, 5) is 0. The smallest absolute Gasteiger partial charge is 0.0835 e. The zero-order valence-corrected chi connectivity index (χ0v) is 14.4. The topological polar surface area (TPSA) is 0 Å². The Morgan fingerprint density at radius 2 is 1.18 bits per heavy atom. The van der Waals surface area contributed by atoms with Crippen molar-refractivity contribution in [1.82, 2.24) is 0 Å². The van der Waals surface area contributed by atoms with Gasteiger partial charge in [0.25, 0.3) is 0 Å². The highest BCUT2D eigenvalue weighted by atomic mass is 79.9. The van der Waals surface area contributed by atoms with Crippen molar-refractivity contribution in [2.75, 3.05) is 0 Å². The summed E-state index contributed by atoms with van der Waals surface area (Å²) in [5.74, 6) is 0. The summed E-state index contributed by atoms with van der Waals surface area (Å²) < 4.78 is 1.07. The van der Waals surface area contributed by atoms with E-state index in [4.69, 9.17) is 11.6 Å². The molecule has 0 aliphatic heterocycles. The highest BCUT2D eigenvalue weighted by Gasteiger charge is 2.10. The molecule has 0 nitrogen and oxygen atoms in total. The fourth-order valence-corrected chi connectivity index (χ4v) is 3.02. The molecule has 0 aliphatic rings. The zero-order chi connectivity index (χ0) is 15.4. The van der Waals surface area contributed by atoms with E-state index in [-0.39, 0.29) is 5.38 Å². The van der Waals surface area contributed by atoms with Crippen molar-refractivity contribution in [1.29, 1.82) is 0 Å². The molecule has 0 spiro atoms. The molecule has 2 heteroatoms. The Morgan fingerprint density at radius 3 is 1.77 bits per heavy atom. The van der Waals surface area contributed by atoms with Crippen LogP contribution in [0.1, 0.15) is 27.6 Å². The Kier molecular flexibility index (Phi) is 4.97. The van der Waals surface area contributed by atoms with Gasteiger partial charge in [-0.05, 0) is 40.8 Å². The molecule has 0 aliphatic carbocycles. The van der Waals surface area contributed by atoms with Gasteiger partial charge in [-0.3, -0.25) is 0 Å². The van der Waals surface area contributed by atoms with Crippen molar-refractivity contribution in [2.45, 2.75) is 11.8 Å². The lowest BCUT2D eigenvalue weighted by Gasteiger charge is -2.11. The molecule has 3 aromatic carbocycles. The molecular weight excluding hydrogens is 356 g/mol. The number of hydrogen-bond acceptors (Lipinski definition) is 0. The summed E-state index contributed by atoms with van der Waals surface area (Å²) in [5, 5.41) is -0.112. The second-order valence-electron chi connectivity index (χ2n) is 5.32. The van der Waals surface area contributed by atoms with Gasteiger partial charge in [0, 0.05) is 4.47 Å².